The van der Waals surface area contributed by atoms with Crippen molar-refractivity contribution in [3.8, 4) is 0 Å². The highest BCUT2D eigenvalue weighted by molar-refractivity contribution is 6.30. The van der Waals surface area contributed by atoms with E-state index in [-0.39, 0.29) is 41.1 Å². The number of ether oxygens (including phenoxy) is 2. The van der Waals surface area contributed by atoms with Crippen LogP contribution in [0.5, 0.6) is 0 Å². The third-order valence-corrected chi connectivity index (χ3v) is 7.19. The Balaban J connectivity index is 1.51. The molecule has 33 heavy (non-hydrogen) atoms. The van der Waals surface area contributed by atoms with Crippen molar-refractivity contribution in [2.24, 2.45) is 11.8 Å². The Morgan fingerprint density at radius 1 is 1.24 bits per heavy atom. The maximum Gasteiger partial charge on any atom is 0.410 e. The van der Waals surface area contributed by atoms with Gasteiger partial charge in [0, 0.05) is 31.0 Å². The SMILES string of the molecule is CC(C)c1nc(Cl)c(F)c2c1c(C1C3CN(C(=O)OC(C)(C)C)CC31)nn2C1CCCCO1. The van der Waals surface area contributed by atoms with Crippen LogP contribution in [0.1, 0.15) is 83.3 Å². The zero-order valence-electron chi connectivity index (χ0n) is 19.9. The molecule has 3 fully saturated rings. The summed E-state index contributed by atoms with van der Waals surface area (Å²) in [4.78, 5) is 18.7. The number of hydrogen-bond acceptors (Lipinski definition) is 5. The highest BCUT2D eigenvalue weighted by Gasteiger charge is 2.59. The van der Waals surface area contributed by atoms with Gasteiger partial charge in [-0.3, -0.25) is 0 Å². The van der Waals surface area contributed by atoms with E-state index < -0.39 is 11.4 Å². The van der Waals surface area contributed by atoms with Gasteiger partial charge in [0.05, 0.1) is 11.4 Å². The van der Waals surface area contributed by atoms with Gasteiger partial charge in [0.2, 0.25) is 0 Å². The minimum Gasteiger partial charge on any atom is -0.444 e. The molecule has 7 nitrogen and oxygen atoms in total. The lowest BCUT2D eigenvalue weighted by atomic mass is 10.0. The summed E-state index contributed by atoms with van der Waals surface area (Å²) in [7, 11) is 0. The molecule has 4 heterocycles. The van der Waals surface area contributed by atoms with E-state index in [1.807, 2.05) is 34.6 Å². The molecule has 0 aromatic carbocycles. The Kier molecular flexibility index (Phi) is 5.59. The molecule has 0 bridgehead atoms. The molecule has 2 aliphatic heterocycles. The maximum atomic E-state index is 15.4. The number of nitrogens with zero attached hydrogens (tertiary/aromatic N) is 4. The third-order valence-electron chi connectivity index (χ3n) is 6.94. The first kappa shape index (κ1) is 22.8. The van der Waals surface area contributed by atoms with Crippen molar-refractivity contribution in [3.63, 3.8) is 0 Å². The number of hydrogen-bond donors (Lipinski definition) is 0. The highest BCUT2D eigenvalue weighted by Crippen LogP contribution is 2.59. The summed E-state index contributed by atoms with van der Waals surface area (Å²) in [5, 5.41) is 5.59. The molecule has 1 amide bonds. The van der Waals surface area contributed by atoms with E-state index in [0.717, 1.165) is 36.0 Å². The van der Waals surface area contributed by atoms with E-state index in [1.54, 1.807) is 9.58 Å². The fourth-order valence-electron chi connectivity index (χ4n) is 5.41. The van der Waals surface area contributed by atoms with Crippen molar-refractivity contribution in [3.05, 3.63) is 22.4 Å². The number of rotatable bonds is 3. The predicted octanol–water partition coefficient (Wildman–Crippen LogP) is 5.63. The largest absolute Gasteiger partial charge is 0.444 e. The first-order valence-electron chi connectivity index (χ1n) is 11.9. The van der Waals surface area contributed by atoms with E-state index in [0.29, 0.717) is 25.2 Å². The molecule has 3 unspecified atom stereocenters. The molecular weight excluding hydrogens is 447 g/mol. The summed E-state index contributed by atoms with van der Waals surface area (Å²) in [5.41, 5.74) is 1.51. The average Bonchev–Trinajstić information content (AvgIpc) is 3.10. The Morgan fingerprint density at radius 3 is 2.52 bits per heavy atom. The van der Waals surface area contributed by atoms with Gasteiger partial charge in [0.25, 0.3) is 0 Å². The normalized spacial score (nSPS) is 27.3. The van der Waals surface area contributed by atoms with Gasteiger partial charge in [-0.1, -0.05) is 25.4 Å². The fraction of sp³-hybridized carbons (Fsp3) is 0.708. The Morgan fingerprint density at radius 2 is 1.94 bits per heavy atom. The molecule has 9 heteroatoms. The number of carbonyl (C=O) groups excluding carboxylic acids is 1. The molecular formula is C24H32ClFN4O3. The minimum atomic E-state index is -0.537. The maximum absolute atomic E-state index is 15.4. The number of piperidine rings is 1. The molecule has 3 aliphatic rings. The summed E-state index contributed by atoms with van der Waals surface area (Å²) in [6.07, 6.45) is 2.22. The second kappa shape index (κ2) is 8.08. The van der Waals surface area contributed by atoms with Gasteiger partial charge in [-0.05, 0) is 57.8 Å². The third kappa shape index (κ3) is 3.99. The zero-order valence-corrected chi connectivity index (χ0v) is 20.7. The van der Waals surface area contributed by atoms with Crippen molar-refractivity contribution in [2.75, 3.05) is 19.7 Å². The number of halogens is 2. The summed E-state index contributed by atoms with van der Waals surface area (Å²) in [6, 6.07) is 0. The van der Waals surface area contributed by atoms with Crippen molar-refractivity contribution in [1.82, 2.24) is 19.7 Å². The van der Waals surface area contributed by atoms with Crippen LogP contribution in [0.25, 0.3) is 10.9 Å². The van der Waals surface area contributed by atoms with Crippen LogP contribution in [-0.2, 0) is 9.47 Å². The summed E-state index contributed by atoms with van der Waals surface area (Å²) >= 11 is 6.23. The monoisotopic (exact) mass is 478 g/mol. The van der Waals surface area contributed by atoms with E-state index in [4.69, 9.17) is 26.2 Å². The minimum absolute atomic E-state index is 0.0612. The lowest BCUT2D eigenvalue weighted by Gasteiger charge is -2.25. The van der Waals surface area contributed by atoms with Crippen molar-refractivity contribution >= 4 is 28.6 Å². The van der Waals surface area contributed by atoms with Gasteiger partial charge in [-0.2, -0.15) is 5.10 Å². The van der Waals surface area contributed by atoms with E-state index >= 15 is 4.39 Å². The second-order valence-electron chi connectivity index (χ2n) is 10.9. The molecule has 1 saturated carbocycles. The van der Waals surface area contributed by atoms with Gasteiger partial charge in [0.1, 0.15) is 11.1 Å². The quantitative estimate of drug-likeness (QED) is 0.535. The molecule has 3 atom stereocenters. The summed E-state index contributed by atoms with van der Waals surface area (Å²) in [5.74, 6) is 0.261. The number of amides is 1. The molecule has 0 N–H and O–H groups in total. The molecule has 0 spiro atoms. The molecule has 2 aromatic rings. The highest BCUT2D eigenvalue weighted by atomic mass is 35.5. The van der Waals surface area contributed by atoms with Gasteiger partial charge in [0.15, 0.2) is 17.2 Å². The van der Waals surface area contributed by atoms with Crippen LogP contribution in [0.4, 0.5) is 9.18 Å². The first-order chi connectivity index (χ1) is 15.6. The first-order valence-corrected chi connectivity index (χ1v) is 12.3. The Hall–Kier alpha value is -1.93. The smallest absolute Gasteiger partial charge is 0.410 e. The standard InChI is InChI=1S/C24H32ClFN4O3/c1-12(2)19-17-20(16-13-10-29(11-14(13)16)23(31)33-24(3,4)5)28-30(15-8-6-7-9-32-15)21(17)18(26)22(25)27-19/h12-16H,6-11H2,1-5H3. The lowest BCUT2D eigenvalue weighted by molar-refractivity contribution is -0.0371. The molecule has 2 saturated heterocycles. The van der Waals surface area contributed by atoms with Crippen LogP contribution in [-0.4, -0.2) is 51.1 Å². The number of pyridine rings is 1. The van der Waals surface area contributed by atoms with E-state index in [1.165, 1.54) is 0 Å². The van der Waals surface area contributed by atoms with Crippen LogP contribution >= 0.6 is 11.6 Å². The van der Waals surface area contributed by atoms with Crippen LogP contribution in [0, 0.1) is 17.7 Å². The van der Waals surface area contributed by atoms with Gasteiger partial charge < -0.3 is 14.4 Å². The number of likely N-dealkylation sites (tertiary alicyclic amines) is 1. The molecule has 0 radical (unpaired) electrons. The van der Waals surface area contributed by atoms with Crippen LogP contribution in [0.2, 0.25) is 5.15 Å². The Bertz CT molecular complexity index is 1080. The molecule has 180 valence electrons. The predicted molar refractivity (Wildman–Crippen MR) is 123 cm³/mol. The van der Waals surface area contributed by atoms with Gasteiger partial charge in [-0.15, -0.1) is 0 Å². The molecule has 2 aromatic heterocycles. The summed E-state index contributed by atoms with van der Waals surface area (Å²) in [6.45, 7) is 11.6. The zero-order chi connectivity index (χ0) is 23.7. The topological polar surface area (TPSA) is 69.5 Å². The second-order valence-corrected chi connectivity index (χ2v) is 11.2. The van der Waals surface area contributed by atoms with Crippen molar-refractivity contribution in [2.45, 2.75) is 77.5 Å². The molecule has 1 aliphatic carbocycles. The summed E-state index contributed by atoms with van der Waals surface area (Å²) < 4.78 is 28.6. The number of carbonyl (C=O) groups is 1. The van der Waals surface area contributed by atoms with Crippen molar-refractivity contribution < 1.29 is 18.7 Å². The molecule has 5 rings (SSSR count). The number of fused-ring (bicyclic) bond motifs is 2. The average molecular weight is 479 g/mol. The van der Waals surface area contributed by atoms with Crippen LogP contribution in [0.3, 0.4) is 0 Å². The fourth-order valence-corrected chi connectivity index (χ4v) is 5.59. The van der Waals surface area contributed by atoms with Gasteiger partial charge in [-0.25, -0.2) is 18.9 Å². The van der Waals surface area contributed by atoms with E-state index in [2.05, 4.69) is 4.98 Å². The number of aromatic nitrogens is 3. The Labute approximate surface area is 198 Å². The lowest BCUT2D eigenvalue weighted by Crippen LogP contribution is -2.36. The van der Waals surface area contributed by atoms with Crippen LogP contribution in [0.15, 0.2) is 0 Å². The van der Waals surface area contributed by atoms with Crippen LogP contribution < -0.4 is 0 Å². The van der Waals surface area contributed by atoms with E-state index in [9.17, 15) is 4.79 Å². The van der Waals surface area contributed by atoms with Crippen molar-refractivity contribution in [1.29, 1.82) is 0 Å². The van der Waals surface area contributed by atoms with Gasteiger partial charge >= 0.3 is 6.09 Å².